The van der Waals surface area contributed by atoms with Gasteiger partial charge in [-0.1, -0.05) is 0 Å². The van der Waals surface area contributed by atoms with E-state index in [0.717, 1.165) is 12.2 Å². The zero-order valence-corrected chi connectivity index (χ0v) is 9.68. The molecule has 0 amide bonds. The Morgan fingerprint density at radius 3 is 2.71 bits per heavy atom. The highest BCUT2D eigenvalue weighted by Crippen LogP contribution is 2.31. The number of aromatic carboxylic acids is 1. The van der Waals surface area contributed by atoms with Gasteiger partial charge in [-0.25, -0.2) is 4.79 Å². The van der Waals surface area contributed by atoms with Crippen LogP contribution in [0.1, 0.15) is 23.7 Å². The summed E-state index contributed by atoms with van der Waals surface area (Å²) >= 11 is 0. The molecule has 1 fully saturated rings. The van der Waals surface area contributed by atoms with Crippen molar-refractivity contribution in [3.63, 3.8) is 0 Å². The molecular weight excluding hydrogens is 220 g/mol. The molecule has 1 aromatic carbocycles. The molecule has 0 aromatic heterocycles. The lowest BCUT2D eigenvalue weighted by Gasteiger charge is -2.22. The summed E-state index contributed by atoms with van der Waals surface area (Å²) < 4.78 is 0. The molecule has 0 radical (unpaired) electrons. The van der Waals surface area contributed by atoms with Crippen molar-refractivity contribution < 1.29 is 15.0 Å². The van der Waals surface area contributed by atoms with Gasteiger partial charge in [0, 0.05) is 13.1 Å². The number of hydrogen-bond donors (Lipinski definition) is 3. The quantitative estimate of drug-likeness (QED) is 0.665. The predicted octanol–water partition coefficient (Wildman–Crippen LogP) is 0.928. The molecule has 17 heavy (non-hydrogen) atoms. The summed E-state index contributed by atoms with van der Waals surface area (Å²) in [6.07, 6.45) is 0.688. The molecule has 2 rings (SSSR count). The third-order valence-electron chi connectivity index (χ3n) is 3.07. The van der Waals surface area contributed by atoms with Gasteiger partial charge in [0.25, 0.3) is 0 Å². The van der Waals surface area contributed by atoms with Gasteiger partial charge in [0.15, 0.2) is 0 Å². The largest absolute Gasteiger partial charge is 0.478 e. The Kier molecular flexibility index (Phi) is 2.71. The number of aliphatic hydroxyl groups is 1. The van der Waals surface area contributed by atoms with Crippen molar-refractivity contribution in [3.8, 4) is 0 Å². The van der Waals surface area contributed by atoms with Crippen LogP contribution in [0.3, 0.4) is 0 Å². The minimum Gasteiger partial charge on any atom is -0.478 e. The molecule has 1 heterocycles. The van der Waals surface area contributed by atoms with Crippen LogP contribution in [0.2, 0.25) is 0 Å². The topological polar surface area (TPSA) is 86.8 Å². The molecule has 5 heteroatoms. The van der Waals surface area contributed by atoms with Crippen LogP contribution in [0.4, 0.5) is 11.4 Å². The van der Waals surface area contributed by atoms with Gasteiger partial charge < -0.3 is 20.8 Å². The standard InChI is InChI=1S/C12H16N2O3/c1-12(17)4-5-14(7-12)10-3-2-8(11(15)16)6-9(10)13/h2-3,6,17H,4-5,7,13H2,1H3,(H,15,16). The van der Waals surface area contributed by atoms with Gasteiger partial charge in [0.1, 0.15) is 0 Å². The number of anilines is 2. The first-order valence-electron chi connectivity index (χ1n) is 5.49. The lowest BCUT2D eigenvalue weighted by molar-refractivity contribution is 0.0696. The molecular formula is C12H16N2O3. The zero-order chi connectivity index (χ0) is 12.6. The molecule has 1 atom stereocenters. The van der Waals surface area contributed by atoms with Crippen LogP contribution >= 0.6 is 0 Å². The maximum Gasteiger partial charge on any atom is 0.335 e. The van der Waals surface area contributed by atoms with Gasteiger partial charge in [-0.2, -0.15) is 0 Å². The van der Waals surface area contributed by atoms with Gasteiger partial charge >= 0.3 is 5.97 Å². The second-order valence-electron chi connectivity index (χ2n) is 4.75. The molecule has 5 nitrogen and oxygen atoms in total. The number of nitrogen functional groups attached to an aromatic ring is 1. The fourth-order valence-corrected chi connectivity index (χ4v) is 2.13. The van der Waals surface area contributed by atoms with Crippen LogP contribution < -0.4 is 10.6 Å². The van der Waals surface area contributed by atoms with E-state index in [9.17, 15) is 9.90 Å². The highest BCUT2D eigenvalue weighted by molar-refractivity contribution is 5.90. The molecule has 1 unspecified atom stereocenters. The van der Waals surface area contributed by atoms with E-state index in [2.05, 4.69) is 0 Å². The summed E-state index contributed by atoms with van der Waals surface area (Å²) in [6, 6.07) is 4.67. The second-order valence-corrected chi connectivity index (χ2v) is 4.75. The van der Waals surface area contributed by atoms with E-state index in [1.54, 1.807) is 13.0 Å². The molecule has 4 N–H and O–H groups in total. The first-order chi connectivity index (χ1) is 7.89. The number of carbonyl (C=O) groups is 1. The molecule has 1 aromatic rings. The number of hydrogen-bond acceptors (Lipinski definition) is 4. The highest BCUT2D eigenvalue weighted by atomic mass is 16.4. The Morgan fingerprint density at radius 2 is 2.24 bits per heavy atom. The number of nitrogens with zero attached hydrogens (tertiary/aromatic N) is 1. The van der Waals surface area contributed by atoms with E-state index >= 15 is 0 Å². The number of rotatable bonds is 2. The summed E-state index contributed by atoms with van der Waals surface area (Å²) in [5.74, 6) is -0.989. The Labute approximate surface area is 99.5 Å². The van der Waals surface area contributed by atoms with Gasteiger partial charge in [-0.15, -0.1) is 0 Å². The Morgan fingerprint density at radius 1 is 1.53 bits per heavy atom. The van der Waals surface area contributed by atoms with Crippen LogP contribution in [0, 0.1) is 0 Å². The van der Waals surface area contributed by atoms with Gasteiger partial charge in [0.2, 0.25) is 0 Å². The van der Waals surface area contributed by atoms with E-state index in [4.69, 9.17) is 10.8 Å². The number of nitrogens with two attached hydrogens (primary N) is 1. The van der Waals surface area contributed by atoms with Crippen LogP contribution in [-0.4, -0.2) is 34.9 Å². The summed E-state index contributed by atoms with van der Waals surface area (Å²) in [5, 5.41) is 18.7. The van der Waals surface area contributed by atoms with E-state index in [0.29, 0.717) is 18.7 Å². The van der Waals surface area contributed by atoms with E-state index < -0.39 is 11.6 Å². The molecule has 0 saturated carbocycles. The predicted molar refractivity (Wildman–Crippen MR) is 65.3 cm³/mol. The van der Waals surface area contributed by atoms with E-state index in [1.807, 2.05) is 4.90 Å². The second kappa shape index (κ2) is 3.92. The van der Waals surface area contributed by atoms with Crippen molar-refractivity contribution in [1.29, 1.82) is 0 Å². The summed E-state index contributed by atoms with van der Waals surface area (Å²) in [5.41, 5.74) is 6.54. The number of benzene rings is 1. The number of carboxylic acids is 1. The Bertz CT molecular complexity index is 457. The molecule has 92 valence electrons. The average molecular weight is 236 g/mol. The van der Waals surface area contributed by atoms with Gasteiger partial charge in [0.05, 0.1) is 22.5 Å². The van der Waals surface area contributed by atoms with Crippen LogP contribution in [-0.2, 0) is 0 Å². The zero-order valence-electron chi connectivity index (χ0n) is 9.68. The van der Waals surface area contributed by atoms with Crippen molar-refractivity contribution in [2.75, 3.05) is 23.7 Å². The normalized spacial score (nSPS) is 24.0. The lowest BCUT2D eigenvalue weighted by Crippen LogP contribution is -2.29. The third-order valence-corrected chi connectivity index (χ3v) is 3.07. The fourth-order valence-electron chi connectivity index (χ4n) is 2.13. The van der Waals surface area contributed by atoms with Gasteiger partial charge in [-0.3, -0.25) is 0 Å². The average Bonchev–Trinajstić information content (AvgIpc) is 2.58. The number of carboxylic acid groups (broad SMARTS) is 1. The minimum absolute atomic E-state index is 0.178. The molecule has 1 aliphatic heterocycles. The monoisotopic (exact) mass is 236 g/mol. The SMILES string of the molecule is CC1(O)CCN(c2ccc(C(=O)O)cc2N)C1. The summed E-state index contributed by atoms with van der Waals surface area (Å²) in [7, 11) is 0. The molecule has 1 saturated heterocycles. The number of β-amino-alcohol motifs (C(OH)–C–C–N with tert-alkyl or cyclic N) is 1. The minimum atomic E-state index is -0.989. The maximum atomic E-state index is 10.8. The van der Waals surface area contributed by atoms with Crippen molar-refractivity contribution in [2.24, 2.45) is 0 Å². The molecule has 0 bridgehead atoms. The third kappa shape index (κ3) is 2.34. The maximum absolute atomic E-state index is 10.8. The van der Waals surface area contributed by atoms with Crippen LogP contribution in [0.25, 0.3) is 0 Å². The van der Waals surface area contributed by atoms with Crippen molar-refractivity contribution >= 4 is 17.3 Å². The Balaban J connectivity index is 2.26. The fraction of sp³-hybridized carbons (Fsp3) is 0.417. The molecule has 1 aliphatic rings. The van der Waals surface area contributed by atoms with Crippen molar-refractivity contribution in [3.05, 3.63) is 23.8 Å². The lowest BCUT2D eigenvalue weighted by atomic mass is 10.1. The van der Waals surface area contributed by atoms with Crippen molar-refractivity contribution in [2.45, 2.75) is 18.9 Å². The summed E-state index contributed by atoms with van der Waals surface area (Å²) in [4.78, 5) is 12.8. The Hall–Kier alpha value is -1.75. The van der Waals surface area contributed by atoms with Crippen LogP contribution in [0.5, 0.6) is 0 Å². The first-order valence-corrected chi connectivity index (χ1v) is 5.49. The van der Waals surface area contributed by atoms with Gasteiger partial charge in [-0.05, 0) is 31.5 Å². The van der Waals surface area contributed by atoms with Crippen LogP contribution in [0.15, 0.2) is 18.2 Å². The highest BCUT2D eigenvalue weighted by Gasteiger charge is 2.32. The van der Waals surface area contributed by atoms with Crippen molar-refractivity contribution in [1.82, 2.24) is 0 Å². The molecule has 0 spiro atoms. The first kappa shape index (κ1) is 11.7. The smallest absolute Gasteiger partial charge is 0.335 e. The summed E-state index contributed by atoms with van der Waals surface area (Å²) in [6.45, 7) is 3.03. The van der Waals surface area contributed by atoms with E-state index in [1.165, 1.54) is 12.1 Å². The van der Waals surface area contributed by atoms with E-state index in [-0.39, 0.29) is 5.56 Å². The molecule has 0 aliphatic carbocycles.